The SMILES string of the molecule is CC(=O)N1c2ccc(N3CCN(C(=O)OC(C)(C)C)C(C)C3)cc2C(Nc2nccc(C)n2)C(C)C1C1CC1. The van der Waals surface area contributed by atoms with Gasteiger partial charge in [0.2, 0.25) is 11.9 Å². The maximum Gasteiger partial charge on any atom is 0.410 e. The van der Waals surface area contributed by atoms with Crippen LogP contribution in [-0.4, -0.2) is 64.2 Å². The Morgan fingerprint density at radius 3 is 2.46 bits per heavy atom. The quantitative estimate of drug-likeness (QED) is 0.579. The van der Waals surface area contributed by atoms with Crippen molar-refractivity contribution in [1.82, 2.24) is 14.9 Å². The van der Waals surface area contributed by atoms with Gasteiger partial charge in [-0.15, -0.1) is 0 Å². The van der Waals surface area contributed by atoms with Crippen molar-refractivity contribution in [2.75, 3.05) is 34.8 Å². The molecule has 1 saturated heterocycles. The van der Waals surface area contributed by atoms with Gasteiger partial charge in [0.05, 0.1) is 6.04 Å². The largest absolute Gasteiger partial charge is 0.444 e. The van der Waals surface area contributed by atoms with Crippen LogP contribution < -0.4 is 15.1 Å². The summed E-state index contributed by atoms with van der Waals surface area (Å²) in [6.07, 6.45) is 3.82. The minimum absolute atomic E-state index is 0.00568. The molecule has 210 valence electrons. The summed E-state index contributed by atoms with van der Waals surface area (Å²) in [5.41, 5.74) is 3.52. The molecule has 2 aromatic rings. The van der Waals surface area contributed by atoms with Gasteiger partial charge in [0.25, 0.3) is 0 Å². The fraction of sp³-hybridized carbons (Fsp3) is 0.600. The lowest BCUT2D eigenvalue weighted by Crippen LogP contribution is -2.55. The van der Waals surface area contributed by atoms with Gasteiger partial charge in [-0.1, -0.05) is 6.92 Å². The monoisotopic (exact) mass is 534 g/mol. The van der Waals surface area contributed by atoms with Crippen molar-refractivity contribution in [1.29, 1.82) is 0 Å². The third-order valence-corrected chi connectivity index (χ3v) is 8.11. The number of piperazine rings is 1. The summed E-state index contributed by atoms with van der Waals surface area (Å²) in [4.78, 5) is 41.0. The molecule has 9 heteroatoms. The number of anilines is 3. The first-order chi connectivity index (χ1) is 18.4. The van der Waals surface area contributed by atoms with Gasteiger partial charge in [-0.3, -0.25) is 4.79 Å². The third-order valence-electron chi connectivity index (χ3n) is 8.11. The van der Waals surface area contributed by atoms with Gasteiger partial charge in [-0.05, 0) is 77.6 Å². The molecule has 2 amide bonds. The Balaban J connectivity index is 1.46. The van der Waals surface area contributed by atoms with Gasteiger partial charge in [-0.25, -0.2) is 14.8 Å². The molecule has 3 aliphatic rings. The van der Waals surface area contributed by atoms with Gasteiger partial charge in [0.1, 0.15) is 5.60 Å². The second-order valence-electron chi connectivity index (χ2n) is 12.4. The molecule has 3 heterocycles. The Hall–Kier alpha value is -3.36. The lowest BCUT2D eigenvalue weighted by atomic mass is 9.79. The van der Waals surface area contributed by atoms with Crippen LogP contribution in [0.2, 0.25) is 0 Å². The number of hydrogen-bond acceptors (Lipinski definition) is 7. The summed E-state index contributed by atoms with van der Waals surface area (Å²) in [6.45, 7) is 15.6. The molecule has 2 fully saturated rings. The summed E-state index contributed by atoms with van der Waals surface area (Å²) in [5.74, 6) is 1.38. The number of aromatic nitrogens is 2. The van der Waals surface area contributed by atoms with Crippen LogP contribution in [0.4, 0.5) is 22.1 Å². The van der Waals surface area contributed by atoms with E-state index in [0.717, 1.165) is 35.5 Å². The molecule has 1 aliphatic carbocycles. The summed E-state index contributed by atoms with van der Waals surface area (Å²) in [7, 11) is 0. The number of ether oxygens (including phenoxy) is 1. The second kappa shape index (κ2) is 10.3. The van der Waals surface area contributed by atoms with Gasteiger partial charge >= 0.3 is 6.09 Å². The smallest absolute Gasteiger partial charge is 0.410 e. The van der Waals surface area contributed by atoms with Crippen molar-refractivity contribution in [2.24, 2.45) is 11.8 Å². The van der Waals surface area contributed by atoms with E-state index in [9.17, 15) is 9.59 Å². The van der Waals surface area contributed by atoms with Gasteiger partial charge in [0, 0.05) is 73.4 Å². The summed E-state index contributed by atoms with van der Waals surface area (Å²) in [6, 6.07) is 8.43. The molecule has 2 aliphatic heterocycles. The molecule has 1 aromatic carbocycles. The van der Waals surface area contributed by atoms with Crippen LogP contribution in [0.15, 0.2) is 30.5 Å². The second-order valence-corrected chi connectivity index (χ2v) is 12.4. The van der Waals surface area contributed by atoms with Gasteiger partial charge in [-0.2, -0.15) is 0 Å². The third kappa shape index (κ3) is 5.68. The molecular formula is C30H42N6O3. The highest BCUT2D eigenvalue weighted by Crippen LogP contribution is 2.50. The minimum atomic E-state index is -0.521. The minimum Gasteiger partial charge on any atom is -0.444 e. The zero-order valence-corrected chi connectivity index (χ0v) is 24.3. The summed E-state index contributed by atoms with van der Waals surface area (Å²) >= 11 is 0. The van der Waals surface area contributed by atoms with Crippen LogP contribution in [0.25, 0.3) is 0 Å². The standard InChI is InChI=1S/C30H42N6O3/c1-18-12-13-31-28(32-18)33-26-20(3)27(22-8-9-22)36(21(4)37)25-11-10-23(16-24(25)26)34-14-15-35(19(2)17-34)29(38)39-30(5,6)7/h10-13,16,19-20,22,26-27H,8-9,14-15,17H2,1-7H3,(H,31,32,33). The van der Waals surface area contributed by atoms with Crippen molar-refractivity contribution in [3.63, 3.8) is 0 Å². The molecule has 39 heavy (non-hydrogen) atoms. The lowest BCUT2D eigenvalue weighted by molar-refractivity contribution is -0.117. The van der Waals surface area contributed by atoms with Crippen LogP contribution in [0.5, 0.6) is 0 Å². The number of benzene rings is 1. The van der Waals surface area contributed by atoms with Gasteiger partial charge < -0.3 is 24.8 Å². The first-order valence-corrected chi connectivity index (χ1v) is 14.2. The van der Waals surface area contributed by atoms with E-state index in [-0.39, 0.29) is 36.0 Å². The average Bonchev–Trinajstić information content (AvgIpc) is 3.69. The molecule has 5 rings (SSSR count). The molecule has 0 spiro atoms. The van der Waals surface area contributed by atoms with E-state index in [1.165, 1.54) is 0 Å². The molecule has 0 radical (unpaired) electrons. The number of nitrogens with one attached hydrogen (secondary N) is 1. The van der Waals surface area contributed by atoms with E-state index in [2.05, 4.69) is 52.2 Å². The van der Waals surface area contributed by atoms with Crippen molar-refractivity contribution in [3.05, 3.63) is 41.7 Å². The molecule has 1 saturated carbocycles. The van der Waals surface area contributed by atoms with Crippen molar-refractivity contribution in [3.8, 4) is 0 Å². The van der Waals surface area contributed by atoms with E-state index >= 15 is 0 Å². The van der Waals surface area contributed by atoms with E-state index in [1.54, 1.807) is 13.1 Å². The Morgan fingerprint density at radius 1 is 1.10 bits per heavy atom. The van der Waals surface area contributed by atoms with Crippen LogP contribution in [0, 0.1) is 18.8 Å². The van der Waals surface area contributed by atoms with Crippen LogP contribution >= 0.6 is 0 Å². The van der Waals surface area contributed by atoms with Crippen molar-refractivity contribution in [2.45, 2.75) is 85.0 Å². The zero-order valence-electron chi connectivity index (χ0n) is 24.3. The Bertz CT molecular complexity index is 1240. The predicted molar refractivity (Wildman–Crippen MR) is 153 cm³/mol. The van der Waals surface area contributed by atoms with E-state index in [1.807, 2.05) is 43.6 Å². The van der Waals surface area contributed by atoms with Crippen LogP contribution in [-0.2, 0) is 9.53 Å². The molecule has 1 aromatic heterocycles. The highest BCUT2D eigenvalue weighted by molar-refractivity contribution is 5.94. The van der Waals surface area contributed by atoms with Gasteiger partial charge in [0.15, 0.2) is 0 Å². The normalized spacial score (nSPS) is 25.3. The number of carbonyl (C=O) groups excluding carboxylic acids is 2. The van der Waals surface area contributed by atoms with Crippen LogP contribution in [0.1, 0.15) is 71.7 Å². The molecular weight excluding hydrogens is 492 g/mol. The van der Waals surface area contributed by atoms with E-state index < -0.39 is 5.60 Å². The fourth-order valence-electron chi connectivity index (χ4n) is 6.19. The number of nitrogens with zero attached hydrogens (tertiary/aromatic N) is 5. The highest BCUT2D eigenvalue weighted by Gasteiger charge is 2.48. The molecule has 4 atom stereocenters. The number of aryl methyl sites for hydroxylation is 1. The number of rotatable bonds is 4. The molecule has 4 unspecified atom stereocenters. The topological polar surface area (TPSA) is 90.9 Å². The lowest BCUT2D eigenvalue weighted by Gasteiger charge is -2.46. The number of amides is 2. The van der Waals surface area contributed by atoms with E-state index in [0.29, 0.717) is 31.5 Å². The maximum absolute atomic E-state index is 13.0. The first-order valence-electron chi connectivity index (χ1n) is 14.2. The molecule has 9 nitrogen and oxygen atoms in total. The fourth-order valence-corrected chi connectivity index (χ4v) is 6.19. The summed E-state index contributed by atoms with van der Waals surface area (Å²) < 4.78 is 5.63. The van der Waals surface area contributed by atoms with Crippen molar-refractivity contribution >= 4 is 29.3 Å². The van der Waals surface area contributed by atoms with Crippen molar-refractivity contribution < 1.29 is 14.3 Å². The molecule has 0 bridgehead atoms. The highest BCUT2D eigenvalue weighted by atomic mass is 16.6. The zero-order chi connectivity index (χ0) is 28.1. The number of carbonyl (C=O) groups is 2. The average molecular weight is 535 g/mol. The Labute approximate surface area is 231 Å². The number of fused-ring (bicyclic) bond motifs is 1. The predicted octanol–water partition coefficient (Wildman–Crippen LogP) is 5.17. The van der Waals surface area contributed by atoms with E-state index in [4.69, 9.17) is 4.74 Å². The summed E-state index contributed by atoms with van der Waals surface area (Å²) in [5, 5.41) is 3.63. The maximum atomic E-state index is 13.0. The van der Waals surface area contributed by atoms with Crippen LogP contribution in [0.3, 0.4) is 0 Å². The first kappa shape index (κ1) is 27.2. The Morgan fingerprint density at radius 2 is 1.85 bits per heavy atom. The molecule has 1 N–H and O–H groups in total. The Kier molecular flexibility index (Phi) is 7.20. The number of hydrogen-bond donors (Lipinski definition) is 1.